The SMILES string of the molecule is Cc1c(F)cc(F)c(C)c1C1(C#N)CC1. The monoisotopic (exact) mass is 207 g/mol. The van der Waals surface area contributed by atoms with Gasteiger partial charge in [-0.3, -0.25) is 0 Å². The average Bonchev–Trinajstić information content (AvgIpc) is 2.96. The Morgan fingerprint density at radius 3 is 2.00 bits per heavy atom. The van der Waals surface area contributed by atoms with Gasteiger partial charge in [0, 0.05) is 6.07 Å². The van der Waals surface area contributed by atoms with Crippen LogP contribution in [0.15, 0.2) is 6.07 Å². The number of nitrogens with zero attached hydrogens (tertiary/aromatic N) is 1. The first-order valence-electron chi connectivity index (χ1n) is 4.89. The summed E-state index contributed by atoms with van der Waals surface area (Å²) < 4.78 is 26.7. The highest BCUT2D eigenvalue weighted by molar-refractivity contribution is 5.49. The maximum atomic E-state index is 13.4. The number of hydrogen-bond donors (Lipinski definition) is 0. The van der Waals surface area contributed by atoms with E-state index >= 15 is 0 Å². The van der Waals surface area contributed by atoms with Crippen molar-refractivity contribution in [1.29, 1.82) is 5.26 Å². The van der Waals surface area contributed by atoms with Gasteiger partial charge in [0.15, 0.2) is 0 Å². The molecule has 0 saturated heterocycles. The fourth-order valence-electron chi connectivity index (χ4n) is 2.11. The van der Waals surface area contributed by atoms with Crippen LogP contribution in [0.1, 0.15) is 29.5 Å². The molecule has 1 aromatic carbocycles. The van der Waals surface area contributed by atoms with E-state index in [1.807, 2.05) is 0 Å². The summed E-state index contributed by atoms with van der Waals surface area (Å²) in [4.78, 5) is 0. The van der Waals surface area contributed by atoms with Gasteiger partial charge in [0.05, 0.1) is 11.5 Å². The van der Waals surface area contributed by atoms with Crippen molar-refractivity contribution in [1.82, 2.24) is 0 Å². The van der Waals surface area contributed by atoms with Crippen molar-refractivity contribution in [3.8, 4) is 6.07 Å². The Morgan fingerprint density at radius 2 is 1.67 bits per heavy atom. The summed E-state index contributed by atoms with van der Waals surface area (Å²) in [7, 11) is 0. The Kier molecular flexibility index (Phi) is 2.04. The second-order valence-electron chi connectivity index (χ2n) is 4.16. The van der Waals surface area contributed by atoms with E-state index in [0.717, 1.165) is 6.07 Å². The molecule has 1 nitrogen and oxygen atoms in total. The number of hydrogen-bond acceptors (Lipinski definition) is 1. The molecule has 0 atom stereocenters. The molecule has 0 amide bonds. The van der Waals surface area contributed by atoms with Crippen molar-refractivity contribution in [2.75, 3.05) is 0 Å². The van der Waals surface area contributed by atoms with Crippen LogP contribution in [-0.4, -0.2) is 0 Å². The van der Waals surface area contributed by atoms with Gasteiger partial charge in [-0.15, -0.1) is 0 Å². The van der Waals surface area contributed by atoms with Crippen LogP contribution in [0.3, 0.4) is 0 Å². The van der Waals surface area contributed by atoms with E-state index in [1.165, 1.54) is 0 Å². The second kappa shape index (κ2) is 3.03. The van der Waals surface area contributed by atoms with Crippen molar-refractivity contribution in [3.63, 3.8) is 0 Å². The molecule has 15 heavy (non-hydrogen) atoms. The van der Waals surface area contributed by atoms with E-state index in [-0.39, 0.29) is 0 Å². The van der Waals surface area contributed by atoms with Crippen LogP contribution in [0.2, 0.25) is 0 Å². The first-order valence-corrected chi connectivity index (χ1v) is 4.89. The molecule has 78 valence electrons. The third-order valence-electron chi connectivity index (χ3n) is 3.16. The summed E-state index contributed by atoms with van der Waals surface area (Å²) >= 11 is 0. The number of benzene rings is 1. The summed E-state index contributed by atoms with van der Waals surface area (Å²) in [6.45, 7) is 3.21. The first-order chi connectivity index (χ1) is 7.02. The van der Waals surface area contributed by atoms with Gasteiger partial charge in [0.25, 0.3) is 0 Å². The van der Waals surface area contributed by atoms with Gasteiger partial charge in [-0.05, 0) is 43.4 Å². The van der Waals surface area contributed by atoms with Crippen molar-refractivity contribution in [3.05, 3.63) is 34.4 Å². The molecule has 0 unspecified atom stereocenters. The van der Waals surface area contributed by atoms with Gasteiger partial charge < -0.3 is 0 Å². The topological polar surface area (TPSA) is 23.8 Å². The lowest BCUT2D eigenvalue weighted by atomic mass is 9.88. The molecule has 3 heteroatoms. The third kappa shape index (κ3) is 1.32. The summed E-state index contributed by atoms with van der Waals surface area (Å²) in [6, 6.07) is 3.06. The minimum atomic E-state index is -0.628. The van der Waals surface area contributed by atoms with Crippen LogP contribution in [-0.2, 0) is 5.41 Å². The Hall–Kier alpha value is -1.43. The molecule has 0 spiro atoms. The van der Waals surface area contributed by atoms with Crippen molar-refractivity contribution in [2.24, 2.45) is 0 Å². The molecule has 0 aromatic heterocycles. The van der Waals surface area contributed by atoms with Crippen LogP contribution in [0.5, 0.6) is 0 Å². The smallest absolute Gasteiger partial charge is 0.129 e. The van der Waals surface area contributed by atoms with Gasteiger partial charge in [0.1, 0.15) is 11.6 Å². The van der Waals surface area contributed by atoms with Gasteiger partial charge in [-0.2, -0.15) is 5.26 Å². The van der Waals surface area contributed by atoms with Gasteiger partial charge >= 0.3 is 0 Å². The quantitative estimate of drug-likeness (QED) is 0.694. The van der Waals surface area contributed by atoms with Crippen LogP contribution < -0.4 is 0 Å². The maximum Gasteiger partial charge on any atom is 0.129 e. The zero-order valence-corrected chi connectivity index (χ0v) is 8.69. The Bertz CT molecular complexity index is 441. The fourth-order valence-corrected chi connectivity index (χ4v) is 2.11. The second-order valence-corrected chi connectivity index (χ2v) is 4.16. The van der Waals surface area contributed by atoms with Crippen LogP contribution in [0.25, 0.3) is 0 Å². The molecular formula is C12H11F2N. The van der Waals surface area contributed by atoms with Crippen LogP contribution >= 0.6 is 0 Å². The number of rotatable bonds is 1. The van der Waals surface area contributed by atoms with E-state index in [0.29, 0.717) is 29.5 Å². The average molecular weight is 207 g/mol. The Balaban J connectivity index is 2.71. The molecule has 0 bridgehead atoms. The van der Waals surface area contributed by atoms with E-state index < -0.39 is 17.0 Å². The lowest BCUT2D eigenvalue weighted by Crippen LogP contribution is -2.11. The molecule has 1 aliphatic carbocycles. The largest absolute Gasteiger partial charge is 0.207 e. The first kappa shape index (κ1) is 10.1. The standard InChI is InChI=1S/C12H11F2N/c1-7-9(13)5-10(14)8(2)11(7)12(6-15)3-4-12/h5H,3-4H2,1-2H3. The summed E-state index contributed by atoms with van der Waals surface area (Å²) in [6.07, 6.45) is 1.40. The van der Waals surface area contributed by atoms with Gasteiger partial charge in [-0.1, -0.05) is 0 Å². The third-order valence-corrected chi connectivity index (χ3v) is 3.16. The normalized spacial score (nSPS) is 17.3. The molecule has 1 saturated carbocycles. The molecule has 0 radical (unpaired) electrons. The summed E-state index contributed by atoms with van der Waals surface area (Å²) in [5.41, 5.74) is 0.750. The highest BCUT2D eigenvalue weighted by Crippen LogP contribution is 2.50. The predicted octanol–water partition coefficient (Wildman–Crippen LogP) is 3.14. The lowest BCUT2D eigenvalue weighted by molar-refractivity contribution is 0.563. The lowest BCUT2D eigenvalue weighted by Gasteiger charge is -2.15. The van der Waals surface area contributed by atoms with Crippen molar-refractivity contribution in [2.45, 2.75) is 32.1 Å². The minimum Gasteiger partial charge on any atom is -0.207 e. The van der Waals surface area contributed by atoms with Crippen molar-refractivity contribution >= 4 is 0 Å². The highest BCUT2D eigenvalue weighted by Gasteiger charge is 2.47. The number of nitriles is 1. The summed E-state index contributed by atoms with van der Waals surface area (Å²) in [5, 5.41) is 9.05. The molecule has 0 N–H and O–H groups in total. The van der Waals surface area contributed by atoms with E-state index in [4.69, 9.17) is 5.26 Å². The highest BCUT2D eigenvalue weighted by atomic mass is 19.1. The fraction of sp³-hybridized carbons (Fsp3) is 0.417. The van der Waals surface area contributed by atoms with Gasteiger partial charge in [-0.25, -0.2) is 8.78 Å². The zero-order valence-electron chi connectivity index (χ0n) is 8.69. The Labute approximate surface area is 87.3 Å². The summed E-state index contributed by atoms with van der Waals surface area (Å²) in [5.74, 6) is -1.12. The Morgan fingerprint density at radius 1 is 1.20 bits per heavy atom. The molecule has 0 aliphatic heterocycles. The predicted molar refractivity (Wildman–Crippen MR) is 52.4 cm³/mol. The minimum absolute atomic E-state index is 0.410. The molecule has 1 fully saturated rings. The molecular weight excluding hydrogens is 196 g/mol. The van der Waals surface area contributed by atoms with E-state index in [1.54, 1.807) is 13.8 Å². The molecule has 1 aliphatic rings. The van der Waals surface area contributed by atoms with E-state index in [2.05, 4.69) is 6.07 Å². The van der Waals surface area contributed by atoms with E-state index in [9.17, 15) is 8.78 Å². The van der Waals surface area contributed by atoms with Crippen molar-refractivity contribution < 1.29 is 8.78 Å². The molecule has 2 rings (SSSR count). The number of halogens is 2. The zero-order chi connectivity index (χ0) is 11.2. The van der Waals surface area contributed by atoms with Gasteiger partial charge in [0.2, 0.25) is 0 Å². The maximum absolute atomic E-state index is 13.4. The van der Waals surface area contributed by atoms with Crippen LogP contribution in [0, 0.1) is 36.8 Å². The molecule has 0 heterocycles. The molecule has 1 aromatic rings. The van der Waals surface area contributed by atoms with Crippen LogP contribution in [0.4, 0.5) is 8.78 Å².